The number of thioether (sulfide) groups is 2. The number of amides is 2. The van der Waals surface area contributed by atoms with E-state index in [2.05, 4.69) is 39.6 Å². The van der Waals surface area contributed by atoms with E-state index >= 15 is 0 Å². The lowest BCUT2D eigenvalue weighted by atomic mass is 10.0. The SMILES string of the molecule is CSCC[C@H](NC(=O)OCc1ccccc1)c1nc2ccc(CCc3ccc4nc([C@H](CCSC)N(Cc5ccccc5)C(=O)O)[nH]c4c3)cc2[nH]1. The molecule has 6 aromatic rings. The van der Waals surface area contributed by atoms with Gasteiger partial charge in [0.1, 0.15) is 18.3 Å². The molecule has 52 heavy (non-hydrogen) atoms. The maximum absolute atomic E-state index is 12.7. The van der Waals surface area contributed by atoms with Crippen LogP contribution in [0, 0.1) is 0 Å². The fraction of sp³-hybridized carbons (Fsp3) is 0.300. The number of alkyl carbamates (subject to hydrolysis) is 1. The fourth-order valence-electron chi connectivity index (χ4n) is 6.26. The Labute approximate surface area is 312 Å². The van der Waals surface area contributed by atoms with Gasteiger partial charge in [0.2, 0.25) is 0 Å². The molecular weight excluding hydrogens is 693 g/mol. The topological polar surface area (TPSA) is 136 Å². The number of hydrogen-bond donors (Lipinski definition) is 4. The van der Waals surface area contributed by atoms with Crippen molar-refractivity contribution in [2.45, 2.75) is 50.9 Å². The number of aryl methyl sites for hydroxylation is 2. The van der Waals surface area contributed by atoms with Gasteiger partial charge in [0.15, 0.2) is 0 Å². The summed E-state index contributed by atoms with van der Waals surface area (Å²) in [6.45, 7) is 0.493. The molecule has 12 heteroatoms. The first-order chi connectivity index (χ1) is 25.4. The Morgan fingerprint density at radius 1 is 0.750 bits per heavy atom. The fourth-order valence-corrected chi connectivity index (χ4v) is 7.19. The van der Waals surface area contributed by atoms with Gasteiger partial charge in [-0.1, -0.05) is 72.8 Å². The summed E-state index contributed by atoms with van der Waals surface area (Å²) in [4.78, 5) is 43.3. The Kier molecular flexibility index (Phi) is 12.8. The lowest BCUT2D eigenvalue weighted by molar-refractivity contribution is 0.116. The van der Waals surface area contributed by atoms with Gasteiger partial charge >= 0.3 is 12.2 Å². The molecule has 10 nitrogen and oxygen atoms in total. The predicted molar refractivity (Wildman–Crippen MR) is 211 cm³/mol. The number of aromatic amines is 2. The summed E-state index contributed by atoms with van der Waals surface area (Å²) in [7, 11) is 0. The molecule has 0 saturated heterocycles. The van der Waals surface area contributed by atoms with Crippen molar-refractivity contribution in [3.05, 3.63) is 131 Å². The third-order valence-corrected chi connectivity index (χ3v) is 10.3. The van der Waals surface area contributed by atoms with Gasteiger partial charge in [-0.05, 0) is 96.2 Å². The number of benzene rings is 4. The van der Waals surface area contributed by atoms with Crippen LogP contribution in [0.4, 0.5) is 9.59 Å². The van der Waals surface area contributed by atoms with Crippen molar-refractivity contribution in [1.29, 1.82) is 0 Å². The molecule has 2 amide bonds. The van der Waals surface area contributed by atoms with E-state index in [-0.39, 0.29) is 19.2 Å². The number of hydrogen-bond acceptors (Lipinski definition) is 7. The Morgan fingerprint density at radius 2 is 1.31 bits per heavy atom. The number of rotatable bonds is 17. The number of imidazole rings is 2. The van der Waals surface area contributed by atoms with Gasteiger partial charge in [0, 0.05) is 6.54 Å². The number of carboxylic acid groups (broad SMARTS) is 1. The van der Waals surface area contributed by atoms with Crippen molar-refractivity contribution in [3.63, 3.8) is 0 Å². The molecule has 0 aliphatic rings. The van der Waals surface area contributed by atoms with E-state index in [4.69, 9.17) is 14.7 Å². The Bertz CT molecular complexity index is 2070. The zero-order valence-corrected chi connectivity index (χ0v) is 31.0. The number of fused-ring (bicyclic) bond motifs is 2. The van der Waals surface area contributed by atoms with Gasteiger partial charge in [-0.25, -0.2) is 19.6 Å². The number of nitrogens with one attached hydrogen (secondary N) is 3. The van der Waals surface area contributed by atoms with E-state index in [1.807, 2.05) is 85.3 Å². The average molecular weight is 737 g/mol. The summed E-state index contributed by atoms with van der Waals surface area (Å²) in [5.41, 5.74) is 7.67. The molecule has 4 N–H and O–H groups in total. The molecule has 0 aliphatic carbocycles. The maximum Gasteiger partial charge on any atom is 0.408 e. The molecule has 0 radical (unpaired) electrons. The van der Waals surface area contributed by atoms with Gasteiger partial charge in [-0.2, -0.15) is 23.5 Å². The quantitative estimate of drug-likeness (QED) is 0.0729. The molecule has 0 bridgehead atoms. The molecule has 0 saturated carbocycles. The van der Waals surface area contributed by atoms with Crippen LogP contribution >= 0.6 is 23.5 Å². The number of carbonyl (C=O) groups excluding carboxylic acids is 1. The molecule has 0 unspecified atom stereocenters. The highest BCUT2D eigenvalue weighted by atomic mass is 32.2. The monoisotopic (exact) mass is 736 g/mol. The molecule has 2 aromatic heterocycles. The molecule has 6 rings (SSSR count). The van der Waals surface area contributed by atoms with Gasteiger partial charge in [0.05, 0.1) is 34.2 Å². The number of H-pyrrole nitrogens is 2. The van der Waals surface area contributed by atoms with Crippen LogP contribution in [0.2, 0.25) is 0 Å². The zero-order chi connectivity index (χ0) is 36.3. The summed E-state index contributed by atoms with van der Waals surface area (Å²) in [6, 6.07) is 31.1. The first kappa shape index (κ1) is 36.8. The van der Waals surface area contributed by atoms with Crippen LogP contribution < -0.4 is 5.32 Å². The molecule has 0 spiro atoms. The predicted octanol–water partition coefficient (Wildman–Crippen LogP) is 8.92. The molecule has 270 valence electrons. The van der Waals surface area contributed by atoms with Crippen LogP contribution in [-0.2, 0) is 30.7 Å². The maximum atomic E-state index is 12.7. The Hall–Kier alpha value is -4.94. The minimum atomic E-state index is -0.967. The highest BCUT2D eigenvalue weighted by Crippen LogP contribution is 2.29. The minimum absolute atomic E-state index is 0.205. The minimum Gasteiger partial charge on any atom is -0.465 e. The molecule has 2 atom stereocenters. The van der Waals surface area contributed by atoms with Crippen LogP contribution in [0.15, 0.2) is 97.1 Å². The largest absolute Gasteiger partial charge is 0.465 e. The van der Waals surface area contributed by atoms with E-state index < -0.39 is 18.2 Å². The van der Waals surface area contributed by atoms with E-state index in [9.17, 15) is 14.7 Å². The van der Waals surface area contributed by atoms with Crippen molar-refractivity contribution in [1.82, 2.24) is 30.2 Å². The van der Waals surface area contributed by atoms with Crippen molar-refractivity contribution in [2.75, 3.05) is 24.0 Å². The second kappa shape index (κ2) is 18.0. The number of nitrogens with zero attached hydrogens (tertiary/aromatic N) is 3. The van der Waals surface area contributed by atoms with Crippen LogP contribution in [0.1, 0.15) is 58.8 Å². The van der Waals surface area contributed by atoms with E-state index in [0.29, 0.717) is 24.5 Å². The summed E-state index contributed by atoms with van der Waals surface area (Å²) < 4.78 is 5.49. The van der Waals surface area contributed by atoms with Crippen molar-refractivity contribution in [2.24, 2.45) is 0 Å². The third-order valence-electron chi connectivity index (χ3n) is 9.01. The third kappa shape index (κ3) is 9.68. The average Bonchev–Trinajstić information content (AvgIpc) is 3.79. The van der Waals surface area contributed by atoms with Gasteiger partial charge in [-0.3, -0.25) is 4.90 Å². The van der Waals surface area contributed by atoms with Crippen LogP contribution in [0.5, 0.6) is 0 Å². The summed E-state index contributed by atoms with van der Waals surface area (Å²) >= 11 is 3.41. The Morgan fingerprint density at radius 3 is 1.90 bits per heavy atom. The molecule has 2 heterocycles. The van der Waals surface area contributed by atoms with Gasteiger partial charge in [0.25, 0.3) is 0 Å². The molecule has 0 fully saturated rings. The van der Waals surface area contributed by atoms with Crippen LogP contribution in [0.3, 0.4) is 0 Å². The highest BCUT2D eigenvalue weighted by molar-refractivity contribution is 7.98. The van der Waals surface area contributed by atoms with Crippen molar-refractivity contribution < 1.29 is 19.4 Å². The summed E-state index contributed by atoms with van der Waals surface area (Å²) in [6.07, 6.45) is 5.63. The van der Waals surface area contributed by atoms with E-state index in [0.717, 1.165) is 63.1 Å². The number of carbonyl (C=O) groups is 2. The van der Waals surface area contributed by atoms with Gasteiger partial charge < -0.3 is 25.1 Å². The van der Waals surface area contributed by atoms with Crippen LogP contribution in [-0.4, -0.2) is 66.1 Å². The van der Waals surface area contributed by atoms with E-state index in [1.54, 1.807) is 23.5 Å². The zero-order valence-electron chi connectivity index (χ0n) is 29.4. The molecule has 0 aliphatic heterocycles. The van der Waals surface area contributed by atoms with Crippen molar-refractivity contribution in [3.8, 4) is 0 Å². The second-order valence-corrected chi connectivity index (χ2v) is 14.7. The first-order valence-corrected chi connectivity index (χ1v) is 20.1. The lowest BCUT2D eigenvalue weighted by Gasteiger charge is -2.28. The number of ether oxygens (including phenoxy) is 1. The summed E-state index contributed by atoms with van der Waals surface area (Å²) in [5.74, 6) is 3.04. The lowest BCUT2D eigenvalue weighted by Crippen LogP contribution is -2.34. The standard InChI is InChI=1S/C40H44N6O4S2/c1-51-21-19-33(45-39(47)50-26-30-11-7-4-8-12-30)37-41-31-17-15-27(23-34(31)43-37)13-14-28-16-18-32-35(24-28)44-38(42-32)36(20-22-52-2)46(40(48)49)25-29-9-5-3-6-10-29/h3-12,15-18,23-24,33,36H,13-14,19-22,25-26H2,1-2H3,(H,41,43)(H,42,44)(H,45,47)(H,48,49)/t33-,36-/m0/s1. The first-order valence-electron chi connectivity index (χ1n) is 17.4. The molecular formula is C40H44N6O4S2. The molecule has 4 aromatic carbocycles. The normalized spacial score (nSPS) is 12.5. The second-order valence-electron chi connectivity index (χ2n) is 12.7. The Balaban J connectivity index is 1.13. The smallest absolute Gasteiger partial charge is 0.408 e. The van der Waals surface area contributed by atoms with Gasteiger partial charge in [-0.15, -0.1) is 0 Å². The van der Waals surface area contributed by atoms with E-state index in [1.165, 1.54) is 10.5 Å². The number of aromatic nitrogens is 4. The summed E-state index contributed by atoms with van der Waals surface area (Å²) in [5, 5.41) is 13.2. The van der Waals surface area contributed by atoms with Crippen molar-refractivity contribution >= 4 is 57.8 Å². The van der Waals surface area contributed by atoms with Crippen LogP contribution in [0.25, 0.3) is 22.1 Å². The highest BCUT2D eigenvalue weighted by Gasteiger charge is 2.28.